The highest BCUT2D eigenvalue weighted by atomic mass is 32.2. The molecular weight excluding hydrogens is 319 g/mol. The Morgan fingerprint density at radius 2 is 1.91 bits per heavy atom. The third kappa shape index (κ3) is 5.38. The molecule has 1 aromatic carbocycles. The summed E-state index contributed by atoms with van der Waals surface area (Å²) in [6.45, 7) is 0.762. The van der Waals surface area contributed by atoms with Crippen LogP contribution in [0.2, 0.25) is 0 Å². The third-order valence-electron chi connectivity index (χ3n) is 3.28. The summed E-state index contributed by atoms with van der Waals surface area (Å²) in [7, 11) is -2.03. The number of methoxy groups -OCH3 is 1. The number of ether oxygens (including phenoxy) is 1. The Labute approximate surface area is 135 Å². The van der Waals surface area contributed by atoms with Crippen molar-refractivity contribution in [1.29, 1.82) is 0 Å². The molecule has 0 saturated heterocycles. The maximum absolute atomic E-state index is 12.9. The van der Waals surface area contributed by atoms with Gasteiger partial charge in [0.15, 0.2) is 0 Å². The van der Waals surface area contributed by atoms with Crippen molar-refractivity contribution in [2.24, 2.45) is 0 Å². The molecule has 0 N–H and O–H groups in total. The molecule has 0 bridgehead atoms. The molecule has 0 radical (unpaired) electrons. The van der Waals surface area contributed by atoms with E-state index in [4.69, 9.17) is 4.74 Å². The second-order valence-corrected chi connectivity index (χ2v) is 7.04. The predicted molar refractivity (Wildman–Crippen MR) is 85.5 cm³/mol. The molecule has 0 aliphatic heterocycles. The van der Waals surface area contributed by atoms with Crippen LogP contribution in [0, 0.1) is 5.82 Å². The molecule has 0 atom stereocenters. The minimum Gasteiger partial charge on any atom is -0.383 e. The first-order valence-corrected chi connectivity index (χ1v) is 8.72. The molecule has 23 heavy (non-hydrogen) atoms. The molecule has 5 nitrogen and oxygen atoms in total. The van der Waals surface area contributed by atoms with Gasteiger partial charge in [-0.1, -0.05) is 18.2 Å². The largest absolute Gasteiger partial charge is 0.383 e. The maximum Gasteiger partial charge on any atom is 0.218 e. The van der Waals surface area contributed by atoms with Gasteiger partial charge in [-0.05, 0) is 29.3 Å². The van der Waals surface area contributed by atoms with Crippen molar-refractivity contribution in [2.45, 2.75) is 12.3 Å². The zero-order valence-corrected chi connectivity index (χ0v) is 13.7. The van der Waals surface area contributed by atoms with E-state index in [0.717, 1.165) is 5.56 Å². The zero-order valence-electron chi connectivity index (χ0n) is 12.9. The molecule has 1 aromatic heterocycles. The number of halogens is 1. The topological polar surface area (TPSA) is 59.5 Å². The molecule has 0 spiro atoms. The lowest BCUT2D eigenvalue weighted by atomic mass is 10.2. The summed E-state index contributed by atoms with van der Waals surface area (Å²) in [5.41, 5.74) is 1.34. The van der Waals surface area contributed by atoms with E-state index in [1.807, 2.05) is 6.07 Å². The molecule has 0 aliphatic rings. The minimum atomic E-state index is -3.56. The van der Waals surface area contributed by atoms with E-state index in [9.17, 15) is 12.8 Å². The first kappa shape index (κ1) is 17.5. The van der Waals surface area contributed by atoms with Gasteiger partial charge in [-0.2, -0.15) is 4.31 Å². The van der Waals surface area contributed by atoms with E-state index >= 15 is 0 Å². The number of benzene rings is 1. The van der Waals surface area contributed by atoms with Crippen molar-refractivity contribution >= 4 is 10.0 Å². The SMILES string of the molecule is COCCN(Cc1cccnc1)S(=O)(=O)Cc1ccc(F)cc1. The molecule has 1 heterocycles. The van der Waals surface area contributed by atoms with Gasteiger partial charge < -0.3 is 4.74 Å². The van der Waals surface area contributed by atoms with Gasteiger partial charge in [0.25, 0.3) is 0 Å². The van der Waals surface area contributed by atoms with E-state index in [1.54, 1.807) is 18.5 Å². The van der Waals surface area contributed by atoms with E-state index < -0.39 is 15.8 Å². The van der Waals surface area contributed by atoms with Crippen molar-refractivity contribution in [2.75, 3.05) is 20.3 Å². The number of hydrogen-bond acceptors (Lipinski definition) is 4. The highest BCUT2D eigenvalue weighted by Gasteiger charge is 2.22. The van der Waals surface area contributed by atoms with E-state index in [0.29, 0.717) is 12.2 Å². The second-order valence-electron chi connectivity index (χ2n) is 5.07. The Morgan fingerprint density at radius 3 is 2.52 bits per heavy atom. The summed E-state index contributed by atoms with van der Waals surface area (Å²) < 4.78 is 44.6. The molecule has 0 aliphatic carbocycles. The predicted octanol–water partition coefficient (Wildman–Crippen LogP) is 2.20. The fourth-order valence-electron chi connectivity index (χ4n) is 2.09. The van der Waals surface area contributed by atoms with Crippen molar-refractivity contribution < 1.29 is 17.5 Å². The zero-order chi connectivity index (χ0) is 16.7. The number of pyridine rings is 1. The molecule has 2 aromatic rings. The minimum absolute atomic E-state index is 0.183. The van der Waals surface area contributed by atoms with E-state index in [2.05, 4.69) is 4.98 Å². The molecule has 0 fully saturated rings. The number of aromatic nitrogens is 1. The normalized spacial score (nSPS) is 11.8. The van der Waals surface area contributed by atoms with Gasteiger partial charge in [-0.25, -0.2) is 12.8 Å². The number of nitrogens with zero attached hydrogens (tertiary/aromatic N) is 2. The number of rotatable bonds is 8. The lowest BCUT2D eigenvalue weighted by Gasteiger charge is -2.22. The first-order chi connectivity index (χ1) is 11.0. The van der Waals surface area contributed by atoms with Crippen molar-refractivity contribution in [3.8, 4) is 0 Å². The summed E-state index contributed by atoms with van der Waals surface area (Å²) >= 11 is 0. The monoisotopic (exact) mass is 338 g/mol. The summed E-state index contributed by atoms with van der Waals surface area (Å²) in [6.07, 6.45) is 3.27. The van der Waals surface area contributed by atoms with Gasteiger partial charge in [0.2, 0.25) is 10.0 Å². The highest BCUT2D eigenvalue weighted by molar-refractivity contribution is 7.88. The first-order valence-electron chi connectivity index (χ1n) is 7.11. The van der Waals surface area contributed by atoms with E-state index in [1.165, 1.54) is 35.7 Å². The van der Waals surface area contributed by atoms with Gasteiger partial charge in [-0.15, -0.1) is 0 Å². The van der Waals surface area contributed by atoms with Crippen LogP contribution in [-0.2, 0) is 27.1 Å². The van der Waals surface area contributed by atoms with Crippen LogP contribution in [0.5, 0.6) is 0 Å². The lowest BCUT2D eigenvalue weighted by molar-refractivity contribution is 0.177. The number of hydrogen-bond donors (Lipinski definition) is 0. The molecular formula is C16H19FN2O3S. The molecule has 0 amide bonds. The van der Waals surface area contributed by atoms with Gasteiger partial charge in [0, 0.05) is 32.6 Å². The average molecular weight is 338 g/mol. The summed E-state index contributed by atoms with van der Waals surface area (Å²) in [5.74, 6) is -0.574. The average Bonchev–Trinajstić information content (AvgIpc) is 2.54. The Kier molecular flexibility index (Phi) is 6.20. The van der Waals surface area contributed by atoms with Crippen molar-refractivity contribution in [3.63, 3.8) is 0 Å². The van der Waals surface area contributed by atoms with Gasteiger partial charge >= 0.3 is 0 Å². The number of sulfonamides is 1. The van der Waals surface area contributed by atoms with Crippen LogP contribution in [0.4, 0.5) is 4.39 Å². The lowest BCUT2D eigenvalue weighted by Crippen LogP contribution is -2.34. The smallest absolute Gasteiger partial charge is 0.218 e. The van der Waals surface area contributed by atoms with Gasteiger partial charge in [0.1, 0.15) is 5.82 Å². The van der Waals surface area contributed by atoms with Crippen LogP contribution in [0.3, 0.4) is 0 Å². The molecule has 7 heteroatoms. The van der Waals surface area contributed by atoms with Crippen LogP contribution in [0.15, 0.2) is 48.8 Å². The second kappa shape index (κ2) is 8.14. The summed E-state index contributed by atoms with van der Waals surface area (Å²) in [6, 6.07) is 9.05. The van der Waals surface area contributed by atoms with Gasteiger partial charge in [0.05, 0.1) is 12.4 Å². The van der Waals surface area contributed by atoms with Crippen LogP contribution < -0.4 is 0 Å². The molecule has 0 unspecified atom stereocenters. The van der Waals surface area contributed by atoms with E-state index in [-0.39, 0.29) is 18.8 Å². The molecule has 124 valence electrons. The Balaban J connectivity index is 2.16. The Hall–Kier alpha value is -1.83. The standard InChI is InChI=1S/C16H19FN2O3S/c1-22-10-9-19(12-15-3-2-8-18-11-15)23(20,21)13-14-4-6-16(17)7-5-14/h2-8,11H,9-10,12-13H2,1H3. The van der Waals surface area contributed by atoms with Crippen LogP contribution in [0.1, 0.15) is 11.1 Å². The molecule has 2 rings (SSSR count). The van der Waals surface area contributed by atoms with Crippen LogP contribution in [0.25, 0.3) is 0 Å². The van der Waals surface area contributed by atoms with Gasteiger partial charge in [-0.3, -0.25) is 4.98 Å². The van der Waals surface area contributed by atoms with Crippen molar-refractivity contribution in [3.05, 3.63) is 65.7 Å². The van der Waals surface area contributed by atoms with Crippen LogP contribution >= 0.6 is 0 Å². The fraction of sp³-hybridized carbons (Fsp3) is 0.312. The summed E-state index contributed by atoms with van der Waals surface area (Å²) in [5, 5.41) is 0. The Morgan fingerprint density at radius 1 is 1.17 bits per heavy atom. The Bertz CT molecular complexity index is 706. The summed E-state index contributed by atoms with van der Waals surface area (Å²) in [4.78, 5) is 4.00. The fourth-order valence-corrected chi connectivity index (χ4v) is 3.58. The van der Waals surface area contributed by atoms with Crippen molar-refractivity contribution in [1.82, 2.24) is 9.29 Å². The quantitative estimate of drug-likeness (QED) is 0.740. The van der Waals surface area contributed by atoms with Crippen LogP contribution in [-0.4, -0.2) is 38.0 Å². The highest BCUT2D eigenvalue weighted by Crippen LogP contribution is 2.15. The maximum atomic E-state index is 12.9. The molecule has 0 saturated carbocycles. The third-order valence-corrected chi connectivity index (χ3v) is 5.08.